The van der Waals surface area contributed by atoms with Crippen molar-refractivity contribution in [3.63, 3.8) is 0 Å². The van der Waals surface area contributed by atoms with Gasteiger partial charge in [-0.1, -0.05) is 0 Å². The molecule has 0 aromatic carbocycles. The highest BCUT2D eigenvalue weighted by atomic mass is 16.2. The zero-order chi connectivity index (χ0) is 15.6. The first-order chi connectivity index (χ1) is 9.88. The number of rotatable bonds is 5. The first kappa shape index (κ1) is 15.2. The molecule has 0 unspecified atom stereocenters. The minimum absolute atomic E-state index is 0.170. The summed E-state index contributed by atoms with van der Waals surface area (Å²) in [5.74, 6) is 0. The third-order valence-electron chi connectivity index (χ3n) is 3.48. The molecular formula is C14H21N5O2. The summed E-state index contributed by atoms with van der Waals surface area (Å²) in [4.78, 5) is 23.5. The Kier molecular flexibility index (Phi) is 4.42. The summed E-state index contributed by atoms with van der Waals surface area (Å²) < 4.78 is 4.45. The van der Waals surface area contributed by atoms with Crippen molar-refractivity contribution >= 4 is 0 Å². The number of aryl methyl sites for hydroxylation is 1. The number of nitrogens with one attached hydrogen (secondary N) is 1. The van der Waals surface area contributed by atoms with Gasteiger partial charge >= 0.3 is 5.69 Å². The maximum absolute atomic E-state index is 11.8. The van der Waals surface area contributed by atoms with Gasteiger partial charge in [0.15, 0.2) is 0 Å². The van der Waals surface area contributed by atoms with Gasteiger partial charge in [0.2, 0.25) is 0 Å². The van der Waals surface area contributed by atoms with Crippen LogP contribution in [-0.2, 0) is 27.2 Å². The second-order valence-electron chi connectivity index (χ2n) is 5.40. The molecule has 2 heterocycles. The van der Waals surface area contributed by atoms with Gasteiger partial charge in [0, 0.05) is 44.6 Å². The van der Waals surface area contributed by atoms with Gasteiger partial charge in [-0.15, -0.1) is 0 Å². The predicted octanol–water partition coefficient (Wildman–Crippen LogP) is -0.233. The maximum atomic E-state index is 11.8. The molecule has 0 aliphatic rings. The number of hydrogen-bond donors (Lipinski definition) is 1. The Balaban J connectivity index is 2.03. The van der Waals surface area contributed by atoms with Crippen LogP contribution < -0.4 is 16.6 Å². The van der Waals surface area contributed by atoms with E-state index in [1.54, 1.807) is 7.05 Å². The molecule has 21 heavy (non-hydrogen) atoms. The van der Waals surface area contributed by atoms with E-state index in [4.69, 9.17) is 0 Å². The molecule has 0 aliphatic carbocycles. The van der Waals surface area contributed by atoms with Crippen molar-refractivity contribution in [1.82, 2.24) is 24.2 Å². The number of hydrogen-bond acceptors (Lipinski definition) is 4. The van der Waals surface area contributed by atoms with Gasteiger partial charge in [0.1, 0.15) is 0 Å². The molecule has 114 valence electrons. The van der Waals surface area contributed by atoms with E-state index in [9.17, 15) is 9.59 Å². The Morgan fingerprint density at radius 1 is 1.29 bits per heavy atom. The van der Waals surface area contributed by atoms with E-state index in [1.807, 2.05) is 30.9 Å². The molecule has 2 aromatic rings. The Hall–Kier alpha value is -2.15. The quantitative estimate of drug-likeness (QED) is 0.825. The molecule has 0 radical (unpaired) electrons. The summed E-state index contributed by atoms with van der Waals surface area (Å²) in [5, 5.41) is 7.54. The Morgan fingerprint density at radius 3 is 2.62 bits per heavy atom. The van der Waals surface area contributed by atoms with Gasteiger partial charge in [-0.05, 0) is 19.4 Å². The Labute approximate surface area is 122 Å². The Morgan fingerprint density at radius 2 is 2.00 bits per heavy atom. The smallest absolute Gasteiger partial charge is 0.307 e. The molecule has 2 aromatic heterocycles. The molecule has 7 heteroatoms. The zero-order valence-electron chi connectivity index (χ0n) is 12.8. The molecule has 0 fully saturated rings. The van der Waals surface area contributed by atoms with E-state index < -0.39 is 0 Å². The maximum Gasteiger partial charge on any atom is 0.330 e. The largest absolute Gasteiger partial charge is 0.330 e. The van der Waals surface area contributed by atoms with Gasteiger partial charge in [-0.3, -0.25) is 18.6 Å². The van der Waals surface area contributed by atoms with Crippen molar-refractivity contribution in [2.75, 3.05) is 0 Å². The van der Waals surface area contributed by atoms with Crippen LogP contribution in [-0.4, -0.2) is 25.0 Å². The highest BCUT2D eigenvalue weighted by molar-refractivity contribution is 5.02. The summed E-state index contributed by atoms with van der Waals surface area (Å²) >= 11 is 0. The standard InChI is InChI=1S/C14H21N5O2/c1-10-6-16-19(8-10)9-11(2)15-7-12-5-13(20)18(4)14(21)17(12)3/h5-6,8,11,15H,7,9H2,1-4H3/t11-/m0/s1. The number of nitrogens with zero attached hydrogens (tertiary/aromatic N) is 4. The average Bonchev–Trinajstić information content (AvgIpc) is 2.84. The zero-order valence-corrected chi connectivity index (χ0v) is 12.8. The van der Waals surface area contributed by atoms with Gasteiger partial charge in [-0.25, -0.2) is 4.79 Å². The normalized spacial score (nSPS) is 12.6. The summed E-state index contributed by atoms with van der Waals surface area (Å²) in [7, 11) is 3.14. The molecule has 0 bridgehead atoms. The second kappa shape index (κ2) is 6.09. The summed E-state index contributed by atoms with van der Waals surface area (Å²) in [6.45, 7) is 5.23. The average molecular weight is 291 g/mol. The third kappa shape index (κ3) is 3.49. The fraction of sp³-hybridized carbons (Fsp3) is 0.500. The molecule has 0 spiro atoms. The van der Waals surface area contributed by atoms with Crippen LogP contribution in [0.1, 0.15) is 18.2 Å². The van der Waals surface area contributed by atoms with E-state index in [0.29, 0.717) is 12.2 Å². The van der Waals surface area contributed by atoms with Crippen LogP contribution in [0.3, 0.4) is 0 Å². The molecular weight excluding hydrogens is 270 g/mol. The molecule has 2 rings (SSSR count). The van der Waals surface area contributed by atoms with Crippen molar-refractivity contribution in [2.24, 2.45) is 14.1 Å². The van der Waals surface area contributed by atoms with Crippen LogP contribution in [0, 0.1) is 6.92 Å². The van der Waals surface area contributed by atoms with E-state index in [1.165, 1.54) is 17.7 Å². The summed E-state index contributed by atoms with van der Waals surface area (Å²) in [6.07, 6.45) is 3.80. The van der Waals surface area contributed by atoms with Crippen LogP contribution in [0.15, 0.2) is 28.0 Å². The van der Waals surface area contributed by atoms with Gasteiger partial charge < -0.3 is 5.32 Å². The topological polar surface area (TPSA) is 73.8 Å². The first-order valence-corrected chi connectivity index (χ1v) is 6.87. The van der Waals surface area contributed by atoms with Gasteiger partial charge in [0.05, 0.1) is 12.7 Å². The van der Waals surface area contributed by atoms with Crippen LogP contribution in [0.25, 0.3) is 0 Å². The van der Waals surface area contributed by atoms with E-state index in [2.05, 4.69) is 10.4 Å². The SMILES string of the molecule is Cc1cnn(C[C@H](C)NCc2cc(=O)n(C)c(=O)n2C)c1. The lowest BCUT2D eigenvalue weighted by molar-refractivity contribution is 0.442. The monoisotopic (exact) mass is 291 g/mol. The first-order valence-electron chi connectivity index (χ1n) is 6.87. The van der Waals surface area contributed by atoms with Crippen LogP contribution in [0.2, 0.25) is 0 Å². The molecule has 1 N–H and O–H groups in total. The van der Waals surface area contributed by atoms with Crippen molar-refractivity contribution < 1.29 is 0 Å². The van der Waals surface area contributed by atoms with Crippen LogP contribution in [0.5, 0.6) is 0 Å². The molecule has 7 nitrogen and oxygen atoms in total. The molecule has 0 saturated heterocycles. The lowest BCUT2D eigenvalue weighted by atomic mass is 10.3. The lowest BCUT2D eigenvalue weighted by Crippen LogP contribution is -2.40. The van der Waals surface area contributed by atoms with Crippen molar-refractivity contribution in [1.29, 1.82) is 0 Å². The molecule has 0 amide bonds. The van der Waals surface area contributed by atoms with Crippen molar-refractivity contribution in [2.45, 2.75) is 33.0 Å². The van der Waals surface area contributed by atoms with Gasteiger partial charge in [0.25, 0.3) is 5.56 Å². The van der Waals surface area contributed by atoms with Crippen LogP contribution in [0.4, 0.5) is 0 Å². The highest BCUT2D eigenvalue weighted by Gasteiger charge is 2.08. The second-order valence-corrected chi connectivity index (χ2v) is 5.40. The third-order valence-corrected chi connectivity index (χ3v) is 3.48. The minimum Gasteiger partial charge on any atom is -0.307 e. The summed E-state index contributed by atoms with van der Waals surface area (Å²) in [6, 6.07) is 1.66. The lowest BCUT2D eigenvalue weighted by Gasteiger charge is -2.15. The summed E-state index contributed by atoms with van der Waals surface area (Å²) in [5.41, 5.74) is 1.20. The molecule has 0 saturated carbocycles. The van der Waals surface area contributed by atoms with E-state index >= 15 is 0 Å². The fourth-order valence-corrected chi connectivity index (χ4v) is 2.14. The van der Waals surface area contributed by atoms with E-state index in [-0.39, 0.29) is 17.3 Å². The molecule has 0 aliphatic heterocycles. The van der Waals surface area contributed by atoms with E-state index in [0.717, 1.165) is 16.7 Å². The van der Waals surface area contributed by atoms with Crippen molar-refractivity contribution in [3.05, 3.63) is 50.6 Å². The van der Waals surface area contributed by atoms with Crippen molar-refractivity contribution in [3.8, 4) is 0 Å². The fourth-order valence-electron chi connectivity index (χ4n) is 2.14. The van der Waals surface area contributed by atoms with Gasteiger partial charge in [-0.2, -0.15) is 5.10 Å². The number of aromatic nitrogens is 4. The Bertz CT molecular complexity index is 741. The minimum atomic E-state index is -0.311. The molecule has 1 atom stereocenters. The predicted molar refractivity (Wildman–Crippen MR) is 80.2 cm³/mol. The van der Waals surface area contributed by atoms with Crippen LogP contribution >= 0.6 is 0 Å². The highest BCUT2D eigenvalue weighted by Crippen LogP contribution is 1.98.